The Morgan fingerprint density at radius 3 is 2.55 bits per heavy atom. The highest BCUT2D eigenvalue weighted by molar-refractivity contribution is 6.36. The third kappa shape index (κ3) is 1.46. The maximum absolute atomic E-state index is 10.5. The largest absolute Gasteiger partial charge is 0.480 e. The summed E-state index contributed by atoms with van der Waals surface area (Å²) in [7, 11) is 0. The number of hydrogen-bond donors (Lipinski definition) is 3. The molecule has 0 aromatic carbocycles. The number of carboxylic acid groups (broad SMARTS) is 1. The maximum atomic E-state index is 10.5. The molecule has 60 valence electrons. The average molecular weight is 158 g/mol. The number of carbonyl (C=O) groups excluding carboxylic acids is 2. The van der Waals surface area contributed by atoms with Crippen molar-refractivity contribution in [1.29, 1.82) is 0 Å². The highest BCUT2D eigenvalue weighted by Crippen LogP contribution is 1.88. The summed E-state index contributed by atoms with van der Waals surface area (Å²) >= 11 is 0. The van der Waals surface area contributed by atoms with E-state index in [-0.39, 0.29) is 6.54 Å². The average Bonchev–Trinajstić information content (AvgIpc) is 1.94. The van der Waals surface area contributed by atoms with Crippen molar-refractivity contribution in [2.45, 2.75) is 6.04 Å². The summed E-state index contributed by atoms with van der Waals surface area (Å²) in [4.78, 5) is 31.2. The summed E-state index contributed by atoms with van der Waals surface area (Å²) in [6.45, 7) is -0.0556. The van der Waals surface area contributed by atoms with Crippen molar-refractivity contribution in [3.8, 4) is 0 Å². The molecule has 1 atom stereocenters. The third-order valence-corrected chi connectivity index (χ3v) is 1.28. The molecule has 11 heavy (non-hydrogen) atoms. The number of rotatable bonds is 1. The minimum Gasteiger partial charge on any atom is -0.480 e. The smallest absolute Gasteiger partial charge is 0.328 e. The van der Waals surface area contributed by atoms with E-state index >= 15 is 0 Å². The molecule has 0 bridgehead atoms. The van der Waals surface area contributed by atoms with Gasteiger partial charge in [-0.3, -0.25) is 9.59 Å². The van der Waals surface area contributed by atoms with Crippen LogP contribution in [0.1, 0.15) is 0 Å². The number of nitrogens with one attached hydrogen (secondary N) is 2. The Morgan fingerprint density at radius 2 is 2.09 bits per heavy atom. The van der Waals surface area contributed by atoms with E-state index in [0.29, 0.717) is 0 Å². The van der Waals surface area contributed by atoms with Gasteiger partial charge in [0.15, 0.2) is 0 Å². The Bertz CT molecular complexity index is 225. The van der Waals surface area contributed by atoms with Crippen molar-refractivity contribution in [3.63, 3.8) is 0 Å². The summed E-state index contributed by atoms with van der Waals surface area (Å²) in [6, 6.07) is -1.000. The molecule has 1 aliphatic heterocycles. The molecule has 1 unspecified atom stereocenters. The molecule has 1 heterocycles. The van der Waals surface area contributed by atoms with Crippen molar-refractivity contribution in [3.05, 3.63) is 0 Å². The number of carbonyl (C=O) groups is 3. The quantitative estimate of drug-likeness (QED) is 0.373. The lowest BCUT2D eigenvalue weighted by Crippen LogP contribution is -2.58. The van der Waals surface area contributed by atoms with Crippen LogP contribution in [0.5, 0.6) is 0 Å². The Kier molecular flexibility index (Phi) is 1.75. The standard InChI is InChI=1S/C5H6N2O4/c8-3-4(9)7-2(1-6-3)5(10)11/h2H,1H2,(H,6,8)(H,7,9)(H,10,11). The van der Waals surface area contributed by atoms with E-state index in [1.54, 1.807) is 0 Å². The van der Waals surface area contributed by atoms with Gasteiger partial charge in [-0.15, -0.1) is 0 Å². The van der Waals surface area contributed by atoms with Gasteiger partial charge < -0.3 is 15.7 Å². The maximum Gasteiger partial charge on any atom is 0.328 e. The fourth-order valence-electron chi connectivity index (χ4n) is 0.699. The molecule has 6 nitrogen and oxygen atoms in total. The molecule has 3 N–H and O–H groups in total. The van der Waals surface area contributed by atoms with Crippen molar-refractivity contribution in [1.82, 2.24) is 10.6 Å². The van der Waals surface area contributed by atoms with E-state index in [2.05, 4.69) is 5.32 Å². The minimum absolute atomic E-state index is 0.0556. The van der Waals surface area contributed by atoms with Crippen molar-refractivity contribution >= 4 is 17.8 Å². The molecule has 1 aliphatic rings. The van der Waals surface area contributed by atoms with Gasteiger partial charge in [0.25, 0.3) is 0 Å². The lowest BCUT2D eigenvalue weighted by atomic mass is 10.2. The predicted molar refractivity (Wildman–Crippen MR) is 32.6 cm³/mol. The Morgan fingerprint density at radius 1 is 1.45 bits per heavy atom. The molecule has 6 heteroatoms. The van der Waals surface area contributed by atoms with Crippen LogP contribution in [0, 0.1) is 0 Å². The van der Waals surface area contributed by atoms with Crippen molar-refractivity contribution in [2.75, 3.05) is 6.54 Å². The predicted octanol–water partition coefficient (Wildman–Crippen LogP) is -2.31. The van der Waals surface area contributed by atoms with Gasteiger partial charge >= 0.3 is 17.8 Å². The summed E-state index contributed by atoms with van der Waals surface area (Å²) in [6.07, 6.45) is 0. The fraction of sp³-hybridized carbons (Fsp3) is 0.400. The van der Waals surface area contributed by atoms with Crippen LogP contribution >= 0.6 is 0 Å². The molecule has 0 aromatic rings. The second-order valence-corrected chi connectivity index (χ2v) is 2.07. The first kappa shape index (κ1) is 7.52. The van der Waals surface area contributed by atoms with E-state index in [0.717, 1.165) is 0 Å². The lowest BCUT2D eigenvalue weighted by molar-refractivity contribution is -0.147. The van der Waals surface area contributed by atoms with Crippen LogP contribution in [0.2, 0.25) is 0 Å². The van der Waals surface area contributed by atoms with Gasteiger partial charge in [-0.1, -0.05) is 0 Å². The van der Waals surface area contributed by atoms with Gasteiger partial charge in [0.2, 0.25) is 0 Å². The van der Waals surface area contributed by atoms with Gasteiger partial charge in [0.1, 0.15) is 6.04 Å². The van der Waals surface area contributed by atoms with Gasteiger partial charge in [0, 0.05) is 6.54 Å². The Hall–Kier alpha value is -1.59. The molecule has 1 fully saturated rings. The molecule has 0 aliphatic carbocycles. The van der Waals surface area contributed by atoms with Gasteiger partial charge in [-0.05, 0) is 0 Å². The Labute approximate surface area is 61.6 Å². The van der Waals surface area contributed by atoms with Crippen LogP contribution in [0.3, 0.4) is 0 Å². The minimum atomic E-state index is -1.15. The first-order valence-corrected chi connectivity index (χ1v) is 2.93. The number of carboxylic acids is 1. The highest BCUT2D eigenvalue weighted by atomic mass is 16.4. The molecule has 1 saturated heterocycles. The molecule has 0 aromatic heterocycles. The number of aliphatic carboxylic acids is 1. The molecule has 0 radical (unpaired) electrons. The molecule has 0 saturated carbocycles. The monoisotopic (exact) mass is 158 g/mol. The van der Waals surface area contributed by atoms with Crippen LogP contribution in [0.4, 0.5) is 0 Å². The summed E-state index contributed by atoms with van der Waals surface area (Å²) < 4.78 is 0. The molecular weight excluding hydrogens is 152 g/mol. The second kappa shape index (κ2) is 2.57. The zero-order chi connectivity index (χ0) is 8.43. The van der Waals surface area contributed by atoms with E-state index < -0.39 is 23.8 Å². The van der Waals surface area contributed by atoms with Crippen molar-refractivity contribution in [2.24, 2.45) is 0 Å². The second-order valence-electron chi connectivity index (χ2n) is 2.07. The molecule has 0 spiro atoms. The molecule has 2 amide bonds. The zero-order valence-corrected chi connectivity index (χ0v) is 5.46. The summed E-state index contributed by atoms with van der Waals surface area (Å²) in [5.41, 5.74) is 0. The topological polar surface area (TPSA) is 95.5 Å². The van der Waals surface area contributed by atoms with Gasteiger partial charge in [0.05, 0.1) is 0 Å². The number of amides is 2. The number of hydrogen-bond acceptors (Lipinski definition) is 3. The molecular formula is C5H6N2O4. The van der Waals surface area contributed by atoms with E-state index in [4.69, 9.17) is 5.11 Å². The SMILES string of the molecule is O=C1NCC(C(=O)O)NC1=O. The third-order valence-electron chi connectivity index (χ3n) is 1.28. The zero-order valence-electron chi connectivity index (χ0n) is 5.46. The van der Waals surface area contributed by atoms with Crippen LogP contribution in [-0.2, 0) is 14.4 Å². The van der Waals surface area contributed by atoms with Crippen LogP contribution in [-0.4, -0.2) is 35.5 Å². The van der Waals surface area contributed by atoms with Crippen LogP contribution in [0.25, 0.3) is 0 Å². The van der Waals surface area contributed by atoms with E-state index in [9.17, 15) is 14.4 Å². The lowest BCUT2D eigenvalue weighted by Gasteiger charge is -2.19. The fourth-order valence-corrected chi connectivity index (χ4v) is 0.699. The van der Waals surface area contributed by atoms with Crippen LogP contribution < -0.4 is 10.6 Å². The van der Waals surface area contributed by atoms with E-state index in [1.807, 2.05) is 5.32 Å². The first-order chi connectivity index (χ1) is 5.11. The highest BCUT2D eigenvalue weighted by Gasteiger charge is 2.29. The number of piperazine rings is 1. The van der Waals surface area contributed by atoms with Crippen LogP contribution in [0.15, 0.2) is 0 Å². The van der Waals surface area contributed by atoms with Crippen molar-refractivity contribution < 1.29 is 19.5 Å². The van der Waals surface area contributed by atoms with Gasteiger partial charge in [-0.2, -0.15) is 0 Å². The Balaban J connectivity index is 2.60. The molecule has 1 rings (SSSR count). The first-order valence-electron chi connectivity index (χ1n) is 2.93. The van der Waals surface area contributed by atoms with E-state index in [1.165, 1.54) is 0 Å². The summed E-state index contributed by atoms with van der Waals surface area (Å²) in [5, 5.41) is 12.5. The normalized spacial score (nSPS) is 23.8. The van der Waals surface area contributed by atoms with Gasteiger partial charge in [-0.25, -0.2) is 4.79 Å². The summed E-state index contributed by atoms with van der Waals surface area (Å²) in [5.74, 6) is -2.84.